The summed E-state index contributed by atoms with van der Waals surface area (Å²) >= 11 is 1.52. The van der Waals surface area contributed by atoms with Crippen LogP contribution in [0.15, 0.2) is 60.2 Å². The van der Waals surface area contributed by atoms with Crippen molar-refractivity contribution in [3.63, 3.8) is 0 Å². The molecular formula is C22H19FN4OS. The minimum absolute atomic E-state index is 0.0644. The maximum Gasteiger partial charge on any atom is 0.258 e. The van der Waals surface area contributed by atoms with Crippen molar-refractivity contribution in [2.75, 3.05) is 5.32 Å². The number of carbonyl (C=O) groups is 1. The van der Waals surface area contributed by atoms with Crippen LogP contribution in [-0.2, 0) is 6.42 Å². The first kappa shape index (κ1) is 19.0. The molecule has 0 bridgehead atoms. The molecule has 2 aromatic carbocycles. The van der Waals surface area contributed by atoms with E-state index in [1.54, 1.807) is 29.9 Å². The molecule has 0 unspecified atom stereocenters. The smallest absolute Gasteiger partial charge is 0.258 e. The van der Waals surface area contributed by atoms with Gasteiger partial charge >= 0.3 is 0 Å². The third kappa shape index (κ3) is 3.82. The molecule has 0 radical (unpaired) electrons. The van der Waals surface area contributed by atoms with Gasteiger partial charge in [-0.1, -0.05) is 31.2 Å². The summed E-state index contributed by atoms with van der Waals surface area (Å²) in [5, 5.41) is 10.1. The van der Waals surface area contributed by atoms with Crippen molar-refractivity contribution < 1.29 is 9.18 Å². The van der Waals surface area contributed by atoms with E-state index in [1.165, 1.54) is 17.4 Å². The number of anilines is 1. The Balaban J connectivity index is 1.58. The molecule has 0 aliphatic carbocycles. The number of aromatic nitrogens is 3. The highest BCUT2D eigenvalue weighted by Gasteiger charge is 2.15. The third-order valence-corrected chi connectivity index (χ3v) is 5.40. The van der Waals surface area contributed by atoms with Crippen LogP contribution in [0.3, 0.4) is 0 Å². The van der Waals surface area contributed by atoms with Gasteiger partial charge in [0, 0.05) is 29.0 Å². The SMILES string of the molecule is CCc1nn(-c2nccs2)cc1-c1ccc(NC(=O)c2c(C)cccc2F)cc1. The Morgan fingerprint density at radius 1 is 1.21 bits per heavy atom. The average molecular weight is 406 g/mol. The van der Waals surface area contributed by atoms with Crippen LogP contribution in [0.25, 0.3) is 16.3 Å². The van der Waals surface area contributed by atoms with Gasteiger partial charge in [0.15, 0.2) is 0 Å². The molecule has 1 N–H and O–H groups in total. The van der Waals surface area contributed by atoms with E-state index in [9.17, 15) is 9.18 Å². The van der Waals surface area contributed by atoms with Crippen LogP contribution in [0.1, 0.15) is 28.5 Å². The fourth-order valence-corrected chi connectivity index (χ4v) is 3.75. The molecule has 0 fully saturated rings. The minimum Gasteiger partial charge on any atom is -0.322 e. The fourth-order valence-electron chi connectivity index (χ4n) is 3.19. The molecule has 4 rings (SSSR count). The van der Waals surface area contributed by atoms with Crippen LogP contribution in [0.4, 0.5) is 10.1 Å². The number of rotatable bonds is 5. The predicted octanol–water partition coefficient (Wildman–Crippen LogP) is 5.26. The van der Waals surface area contributed by atoms with Gasteiger partial charge in [-0.15, -0.1) is 11.3 Å². The lowest BCUT2D eigenvalue weighted by Crippen LogP contribution is -2.15. The normalized spacial score (nSPS) is 10.9. The van der Waals surface area contributed by atoms with E-state index in [-0.39, 0.29) is 5.56 Å². The summed E-state index contributed by atoms with van der Waals surface area (Å²) in [5.41, 5.74) is 4.25. The Labute approximate surface area is 171 Å². The number of halogens is 1. The molecule has 5 nitrogen and oxygen atoms in total. The lowest BCUT2D eigenvalue weighted by molar-refractivity contribution is 0.102. The maximum absolute atomic E-state index is 14.0. The number of thiazole rings is 1. The zero-order chi connectivity index (χ0) is 20.4. The summed E-state index contributed by atoms with van der Waals surface area (Å²) in [6, 6.07) is 12.1. The molecule has 4 aromatic rings. The highest BCUT2D eigenvalue weighted by atomic mass is 32.1. The molecule has 0 saturated heterocycles. The van der Waals surface area contributed by atoms with Crippen molar-refractivity contribution in [2.45, 2.75) is 20.3 Å². The minimum atomic E-state index is -0.527. The molecule has 1 amide bonds. The zero-order valence-corrected chi connectivity index (χ0v) is 16.8. The van der Waals surface area contributed by atoms with Gasteiger partial charge in [-0.05, 0) is 42.7 Å². The van der Waals surface area contributed by atoms with E-state index in [2.05, 4.69) is 22.3 Å². The summed E-state index contributed by atoms with van der Waals surface area (Å²) < 4.78 is 15.8. The predicted molar refractivity (Wildman–Crippen MR) is 113 cm³/mol. The molecule has 0 atom stereocenters. The summed E-state index contributed by atoms with van der Waals surface area (Å²) in [7, 11) is 0. The highest BCUT2D eigenvalue weighted by Crippen LogP contribution is 2.27. The van der Waals surface area contributed by atoms with Crippen LogP contribution < -0.4 is 5.32 Å². The first-order valence-corrected chi connectivity index (χ1v) is 10.1. The molecule has 7 heteroatoms. The van der Waals surface area contributed by atoms with E-state index in [0.29, 0.717) is 11.3 Å². The van der Waals surface area contributed by atoms with Gasteiger partial charge in [-0.3, -0.25) is 4.79 Å². The molecule has 0 saturated carbocycles. The van der Waals surface area contributed by atoms with Gasteiger partial charge in [-0.2, -0.15) is 5.10 Å². The first-order chi connectivity index (χ1) is 14.1. The van der Waals surface area contributed by atoms with E-state index in [1.807, 2.05) is 35.8 Å². The van der Waals surface area contributed by atoms with E-state index >= 15 is 0 Å². The number of aryl methyl sites for hydroxylation is 2. The quantitative estimate of drug-likeness (QED) is 0.492. The van der Waals surface area contributed by atoms with Crippen LogP contribution in [0.2, 0.25) is 0 Å². The Bertz CT molecular complexity index is 1130. The molecule has 0 aliphatic rings. The second-order valence-corrected chi connectivity index (χ2v) is 7.44. The zero-order valence-electron chi connectivity index (χ0n) is 16.0. The van der Waals surface area contributed by atoms with E-state index < -0.39 is 11.7 Å². The number of carbonyl (C=O) groups excluding carboxylic acids is 1. The maximum atomic E-state index is 14.0. The van der Waals surface area contributed by atoms with Crippen molar-refractivity contribution in [1.29, 1.82) is 0 Å². The Hall–Kier alpha value is -3.32. The molecular weight excluding hydrogens is 387 g/mol. The Morgan fingerprint density at radius 2 is 2.00 bits per heavy atom. The van der Waals surface area contributed by atoms with Gasteiger partial charge in [-0.25, -0.2) is 14.1 Å². The van der Waals surface area contributed by atoms with Crippen molar-refractivity contribution in [2.24, 2.45) is 0 Å². The number of nitrogens with zero attached hydrogens (tertiary/aromatic N) is 3. The Kier molecular flexibility index (Phi) is 5.22. The van der Waals surface area contributed by atoms with Gasteiger partial charge in [0.2, 0.25) is 5.13 Å². The second-order valence-electron chi connectivity index (χ2n) is 6.57. The number of benzene rings is 2. The van der Waals surface area contributed by atoms with Crippen molar-refractivity contribution in [3.8, 4) is 16.3 Å². The molecule has 29 heavy (non-hydrogen) atoms. The lowest BCUT2D eigenvalue weighted by Gasteiger charge is -2.09. The van der Waals surface area contributed by atoms with Crippen LogP contribution in [0.5, 0.6) is 0 Å². The number of amides is 1. The van der Waals surface area contributed by atoms with Crippen molar-refractivity contribution in [1.82, 2.24) is 14.8 Å². The van der Waals surface area contributed by atoms with Crippen molar-refractivity contribution >= 4 is 22.9 Å². The van der Waals surface area contributed by atoms with Gasteiger partial charge in [0.1, 0.15) is 5.82 Å². The molecule has 2 aromatic heterocycles. The van der Waals surface area contributed by atoms with E-state index in [0.717, 1.165) is 28.4 Å². The molecule has 0 spiro atoms. The fraction of sp³-hybridized carbons (Fsp3) is 0.136. The van der Waals surface area contributed by atoms with Gasteiger partial charge in [0.25, 0.3) is 5.91 Å². The second kappa shape index (κ2) is 7.97. The first-order valence-electron chi connectivity index (χ1n) is 9.22. The summed E-state index contributed by atoms with van der Waals surface area (Å²) in [6.45, 7) is 3.77. The highest BCUT2D eigenvalue weighted by molar-refractivity contribution is 7.12. The summed E-state index contributed by atoms with van der Waals surface area (Å²) in [6.07, 6.45) is 4.51. The molecule has 0 aliphatic heterocycles. The van der Waals surface area contributed by atoms with Crippen molar-refractivity contribution in [3.05, 3.63) is 82.9 Å². The average Bonchev–Trinajstić information content (AvgIpc) is 3.38. The largest absolute Gasteiger partial charge is 0.322 e. The number of hydrogen-bond acceptors (Lipinski definition) is 4. The monoisotopic (exact) mass is 406 g/mol. The van der Waals surface area contributed by atoms with Gasteiger partial charge < -0.3 is 5.32 Å². The Morgan fingerprint density at radius 3 is 2.66 bits per heavy atom. The standard InChI is InChI=1S/C22H19FN4OS/c1-3-19-17(13-27(26-19)22-24-11-12-29-22)15-7-9-16(10-8-15)25-21(28)20-14(2)5-4-6-18(20)23/h4-13H,3H2,1-2H3,(H,25,28). The van der Waals surface area contributed by atoms with E-state index in [4.69, 9.17) is 0 Å². The van der Waals surface area contributed by atoms with Crippen LogP contribution in [-0.4, -0.2) is 20.7 Å². The molecule has 2 heterocycles. The number of nitrogens with one attached hydrogen (secondary N) is 1. The van der Waals surface area contributed by atoms with Gasteiger partial charge in [0.05, 0.1) is 11.3 Å². The third-order valence-electron chi connectivity index (χ3n) is 4.64. The topological polar surface area (TPSA) is 59.8 Å². The molecule has 146 valence electrons. The number of hydrogen-bond donors (Lipinski definition) is 1. The van der Waals surface area contributed by atoms with Crippen LogP contribution in [0, 0.1) is 12.7 Å². The van der Waals surface area contributed by atoms with Crippen LogP contribution >= 0.6 is 11.3 Å². The summed E-state index contributed by atoms with van der Waals surface area (Å²) in [5.74, 6) is -0.986. The lowest BCUT2D eigenvalue weighted by atomic mass is 10.0. The summed E-state index contributed by atoms with van der Waals surface area (Å²) in [4.78, 5) is 16.8.